The lowest BCUT2D eigenvalue weighted by Crippen LogP contribution is -2.43. The number of benzene rings is 2. The van der Waals surface area contributed by atoms with Crippen LogP contribution in [-0.2, 0) is 4.79 Å². The van der Waals surface area contributed by atoms with Crippen LogP contribution in [0.3, 0.4) is 0 Å². The van der Waals surface area contributed by atoms with E-state index in [1.165, 1.54) is 0 Å². The van der Waals surface area contributed by atoms with Gasteiger partial charge in [0.25, 0.3) is 11.8 Å². The molecule has 2 amide bonds. The fraction of sp³-hybridized carbons (Fsp3) is 0.364. The Balaban J connectivity index is 1.79. The first-order valence-corrected chi connectivity index (χ1v) is 9.51. The minimum absolute atomic E-state index is 0.177. The topological polar surface area (TPSA) is 70.7 Å². The van der Waals surface area contributed by atoms with Crippen molar-refractivity contribution in [2.75, 3.05) is 25.1 Å². The van der Waals surface area contributed by atoms with Crippen LogP contribution in [-0.4, -0.2) is 32.0 Å². The number of aryl methyl sites for hydroxylation is 2. The summed E-state index contributed by atoms with van der Waals surface area (Å²) in [6, 6.07) is 12.9. The van der Waals surface area contributed by atoms with Crippen molar-refractivity contribution in [2.45, 2.75) is 33.6 Å². The SMILES string of the molecule is CCCCN(C)c1ccc(C(=O)NNC(=O)COc2ccc(C)c(C)c2)cc1. The Bertz CT molecular complexity index is 803. The Morgan fingerprint density at radius 3 is 2.36 bits per heavy atom. The number of carbonyl (C=O) groups excluding carboxylic acids is 2. The molecule has 2 aromatic carbocycles. The number of hydrogen-bond donors (Lipinski definition) is 2. The van der Waals surface area contributed by atoms with E-state index in [1.807, 2.05) is 51.2 Å². The number of hydrogen-bond acceptors (Lipinski definition) is 4. The average Bonchev–Trinajstić information content (AvgIpc) is 2.71. The summed E-state index contributed by atoms with van der Waals surface area (Å²) in [6.07, 6.45) is 2.26. The summed E-state index contributed by atoms with van der Waals surface area (Å²) in [5.41, 5.74) is 8.55. The normalized spacial score (nSPS) is 10.3. The van der Waals surface area contributed by atoms with Crippen molar-refractivity contribution in [1.82, 2.24) is 10.9 Å². The van der Waals surface area contributed by atoms with E-state index in [0.29, 0.717) is 11.3 Å². The molecule has 0 aromatic heterocycles. The smallest absolute Gasteiger partial charge is 0.276 e. The van der Waals surface area contributed by atoms with Crippen LogP contribution < -0.4 is 20.5 Å². The maximum Gasteiger partial charge on any atom is 0.276 e. The molecule has 0 spiro atoms. The molecule has 0 atom stereocenters. The molecule has 0 aliphatic carbocycles. The summed E-state index contributed by atoms with van der Waals surface area (Å²) in [6.45, 7) is 6.94. The number of amides is 2. The fourth-order valence-electron chi connectivity index (χ4n) is 2.58. The molecular weight excluding hydrogens is 354 g/mol. The van der Waals surface area contributed by atoms with Gasteiger partial charge in [0.1, 0.15) is 5.75 Å². The number of hydrazine groups is 1. The molecule has 0 fully saturated rings. The Morgan fingerprint density at radius 1 is 1.00 bits per heavy atom. The van der Waals surface area contributed by atoms with Gasteiger partial charge in [0.2, 0.25) is 0 Å². The molecule has 0 aliphatic heterocycles. The fourth-order valence-corrected chi connectivity index (χ4v) is 2.58. The monoisotopic (exact) mass is 383 g/mol. The summed E-state index contributed by atoms with van der Waals surface area (Å²) in [7, 11) is 2.03. The summed E-state index contributed by atoms with van der Waals surface area (Å²) < 4.78 is 5.45. The Morgan fingerprint density at radius 2 is 1.71 bits per heavy atom. The van der Waals surface area contributed by atoms with Gasteiger partial charge < -0.3 is 9.64 Å². The number of rotatable bonds is 8. The second kappa shape index (κ2) is 10.3. The molecule has 0 bridgehead atoms. The van der Waals surface area contributed by atoms with Crippen LogP contribution in [0, 0.1) is 13.8 Å². The third-order valence-corrected chi connectivity index (χ3v) is 4.58. The van der Waals surface area contributed by atoms with Crippen molar-refractivity contribution in [3.05, 3.63) is 59.2 Å². The maximum atomic E-state index is 12.2. The van der Waals surface area contributed by atoms with Crippen molar-refractivity contribution in [1.29, 1.82) is 0 Å². The highest BCUT2D eigenvalue weighted by molar-refractivity contribution is 5.95. The predicted octanol–water partition coefficient (Wildman–Crippen LogP) is 3.38. The molecule has 0 unspecified atom stereocenters. The molecule has 6 heteroatoms. The van der Waals surface area contributed by atoms with E-state index >= 15 is 0 Å². The molecule has 2 N–H and O–H groups in total. The first-order valence-electron chi connectivity index (χ1n) is 9.51. The molecule has 28 heavy (non-hydrogen) atoms. The molecule has 0 aliphatic rings. The number of ether oxygens (including phenoxy) is 1. The first-order chi connectivity index (χ1) is 13.4. The highest BCUT2D eigenvalue weighted by atomic mass is 16.5. The van der Waals surface area contributed by atoms with Crippen LogP contribution in [0.2, 0.25) is 0 Å². The minimum Gasteiger partial charge on any atom is -0.484 e. The van der Waals surface area contributed by atoms with Crippen LogP contribution in [0.15, 0.2) is 42.5 Å². The third-order valence-electron chi connectivity index (χ3n) is 4.58. The summed E-state index contributed by atoms with van der Waals surface area (Å²) >= 11 is 0. The quantitative estimate of drug-likeness (QED) is 0.686. The van der Waals surface area contributed by atoms with Crippen molar-refractivity contribution in [3.8, 4) is 5.75 Å². The van der Waals surface area contributed by atoms with E-state index in [1.54, 1.807) is 12.1 Å². The van der Waals surface area contributed by atoms with Crippen LogP contribution >= 0.6 is 0 Å². The van der Waals surface area contributed by atoms with Crippen LogP contribution in [0.1, 0.15) is 41.3 Å². The van der Waals surface area contributed by atoms with E-state index in [-0.39, 0.29) is 12.5 Å². The summed E-state index contributed by atoms with van der Waals surface area (Å²) in [5, 5.41) is 0. The van der Waals surface area contributed by atoms with E-state index in [2.05, 4.69) is 22.7 Å². The molecular formula is C22H29N3O3. The van der Waals surface area contributed by atoms with Gasteiger partial charge in [-0.3, -0.25) is 20.4 Å². The van der Waals surface area contributed by atoms with Crippen molar-refractivity contribution in [2.24, 2.45) is 0 Å². The van der Waals surface area contributed by atoms with Gasteiger partial charge in [-0.15, -0.1) is 0 Å². The van der Waals surface area contributed by atoms with Gasteiger partial charge in [0, 0.05) is 24.8 Å². The number of nitrogens with one attached hydrogen (secondary N) is 2. The molecule has 150 valence electrons. The van der Waals surface area contributed by atoms with Crippen molar-refractivity contribution >= 4 is 17.5 Å². The lowest BCUT2D eigenvalue weighted by Gasteiger charge is -2.19. The Kier molecular flexibility index (Phi) is 7.87. The first kappa shape index (κ1) is 21.3. The van der Waals surface area contributed by atoms with Crippen LogP contribution in [0.4, 0.5) is 5.69 Å². The number of nitrogens with zero attached hydrogens (tertiary/aromatic N) is 1. The van der Waals surface area contributed by atoms with Gasteiger partial charge in [-0.25, -0.2) is 0 Å². The minimum atomic E-state index is -0.428. The summed E-state index contributed by atoms with van der Waals surface area (Å²) in [4.78, 5) is 26.2. The van der Waals surface area contributed by atoms with Gasteiger partial charge in [0.05, 0.1) is 0 Å². The van der Waals surface area contributed by atoms with E-state index in [9.17, 15) is 9.59 Å². The number of unbranched alkanes of at least 4 members (excludes halogenated alkanes) is 1. The number of carbonyl (C=O) groups is 2. The van der Waals surface area contributed by atoms with E-state index in [4.69, 9.17) is 4.74 Å². The lowest BCUT2D eigenvalue weighted by molar-refractivity contribution is -0.123. The van der Waals surface area contributed by atoms with Crippen molar-refractivity contribution < 1.29 is 14.3 Å². The maximum absolute atomic E-state index is 12.2. The molecule has 2 rings (SSSR count). The predicted molar refractivity (Wildman–Crippen MR) is 112 cm³/mol. The zero-order chi connectivity index (χ0) is 20.5. The zero-order valence-corrected chi connectivity index (χ0v) is 17.0. The van der Waals surface area contributed by atoms with E-state index in [0.717, 1.165) is 36.2 Å². The lowest BCUT2D eigenvalue weighted by atomic mass is 10.1. The van der Waals surface area contributed by atoms with Crippen LogP contribution in [0.5, 0.6) is 5.75 Å². The summed E-state index contributed by atoms with van der Waals surface area (Å²) in [5.74, 6) is -0.183. The average molecular weight is 383 g/mol. The third kappa shape index (κ3) is 6.30. The standard InChI is InChI=1S/C22H29N3O3/c1-5-6-13-25(4)19-10-8-18(9-11-19)22(27)24-23-21(26)15-28-20-12-7-16(2)17(3)14-20/h7-12,14H,5-6,13,15H2,1-4H3,(H,23,26)(H,24,27). The second-order valence-corrected chi connectivity index (χ2v) is 6.86. The van der Waals surface area contributed by atoms with Gasteiger partial charge >= 0.3 is 0 Å². The largest absolute Gasteiger partial charge is 0.484 e. The van der Waals surface area contributed by atoms with Crippen molar-refractivity contribution in [3.63, 3.8) is 0 Å². The molecule has 0 heterocycles. The Labute approximate surface area is 166 Å². The highest BCUT2D eigenvalue weighted by Gasteiger charge is 2.09. The molecule has 0 saturated carbocycles. The highest BCUT2D eigenvalue weighted by Crippen LogP contribution is 2.16. The zero-order valence-electron chi connectivity index (χ0n) is 17.0. The number of anilines is 1. The van der Waals surface area contributed by atoms with Gasteiger partial charge in [-0.2, -0.15) is 0 Å². The van der Waals surface area contributed by atoms with E-state index < -0.39 is 5.91 Å². The molecule has 6 nitrogen and oxygen atoms in total. The van der Waals surface area contributed by atoms with Gasteiger partial charge in [-0.1, -0.05) is 19.4 Å². The molecule has 0 saturated heterocycles. The molecule has 0 radical (unpaired) electrons. The van der Waals surface area contributed by atoms with Gasteiger partial charge in [0.15, 0.2) is 6.61 Å². The van der Waals surface area contributed by atoms with Crippen LogP contribution in [0.25, 0.3) is 0 Å². The second-order valence-electron chi connectivity index (χ2n) is 6.86. The Hall–Kier alpha value is -3.02. The van der Waals surface area contributed by atoms with Gasteiger partial charge in [-0.05, 0) is 67.8 Å². The molecule has 2 aromatic rings.